The molecule has 1 N–H and O–H groups in total. The fourth-order valence-electron chi connectivity index (χ4n) is 4.47. The first-order valence-corrected chi connectivity index (χ1v) is 13.2. The van der Waals surface area contributed by atoms with E-state index in [-0.39, 0.29) is 29.8 Å². The van der Waals surface area contributed by atoms with Crippen molar-refractivity contribution in [1.29, 1.82) is 0 Å². The van der Waals surface area contributed by atoms with Crippen molar-refractivity contribution >= 4 is 35.2 Å². The molecule has 1 unspecified atom stereocenters. The predicted molar refractivity (Wildman–Crippen MR) is 150 cm³/mol. The van der Waals surface area contributed by atoms with Gasteiger partial charge in [0.2, 0.25) is 5.91 Å². The molecule has 1 amide bonds. The quantitative estimate of drug-likeness (QED) is 0.198. The average Bonchev–Trinajstić information content (AvgIpc) is 2.83. The van der Waals surface area contributed by atoms with E-state index in [9.17, 15) is 29.3 Å². The van der Waals surface area contributed by atoms with Crippen LogP contribution in [0.4, 0.5) is 5.69 Å². The summed E-state index contributed by atoms with van der Waals surface area (Å²) >= 11 is 0. The molecule has 0 aromatic heterocycles. The molecule has 1 aromatic rings. The number of nitrogens with zero attached hydrogens (tertiary/aromatic N) is 2. The smallest absolute Gasteiger partial charge is 0.329 e. The maximum absolute atomic E-state index is 13.9. The van der Waals surface area contributed by atoms with E-state index in [1.54, 1.807) is 61.5 Å². The molecular formula is C29H39N3O9. The maximum atomic E-state index is 13.9. The van der Waals surface area contributed by atoms with Crippen LogP contribution in [0, 0.1) is 16.0 Å². The van der Waals surface area contributed by atoms with Crippen LogP contribution in [0.5, 0.6) is 0 Å². The SMILES string of the molecule is COC(=O)C1C(C)=NC(C)=C(C(=O)N[C@@H](CCC(=O)OC(C)(C)C)C(=O)OC(C)(C)C)[C@@H]1c1cccc([N+](=O)[O-])c1. The van der Waals surface area contributed by atoms with Gasteiger partial charge in [-0.1, -0.05) is 12.1 Å². The Labute approximate surface area is 239 Å². The molecule has 12 nitrogen and oxygen atoms in total. The fraction of sp³-hybridized carbons (Fsp3) is 0.552. The van der Waals surface area contributed by atoms with Crippen LogP contribution in [0.15, 0.2) is 40.5 Å². The average molecular weight is 574 g/mol. The lowest BCUT2D eigenvalue weighted by Crippen LogP contribution is -2.47. The van der Waals surface area contributed by atoms with Crippen LogP contribution in [-0.2, 0) is 33.4 Å². The van der Waals surface area contributed by atoms with Crippen LogP contribution in [0.1, 0.15) is 79.7 Å². The van der Waals surface area contributed by atoms with Crippen LogP contribution in [0.2, 0.25) is 0 Å². The molecule has 224 valence electrons. The number of esters is 3. The minimum absolute atomic E-state index is 0.0253. The molecule has 0 saturated heterocycles. The Morgan fingerprint density at radius 3 is 2.20 bits per heavy atom. The number of ether oxygens (including phenoxy) is 3. The molecular weight excluding hydrogens is 534 g/mol. The third-order valence-electron chi connectivity index (χ3n) is 6.02. The van der Waals surface area contributed by atoms with Crippen molar-refractivity contribution in [2.75, 3.05) is 7.11 Å². The van der Waals surface area contributed by atoms with Gasteiger partial charge >= 0.3 is 17.9 Å². The number of aliphatic imine (C=N–C) groups is 1. The molecule has 0 saturated carbocycles. The first-order valence-electron chi connectivity index (χ1n) is 13.2. The second-order valence-corrected chi connectivity index (χ2v) is 11.8. The van der Waals surface area contributed by atoms with Gasteiger partial charge in [0, 0.05) is 41.5 Å². The number of rotatable bonds is 9. The number of non-ortho nitro benzene ring substituents is 1. The minimum atomic E-state index is -1.25. The van der Waals surface area contributed by atoms with Crippen molar-refractivity contribution in [1.82, 2.24) is 5.32 Å². The zero-order chi connectivity index (χ0) is 31.3. The van der Waals surface area contributed by atoms with Crippen molar-refractivity contribution in [3.05, 3.63) is 51.2 Å². The van der Waals surface area contributed by atoms with E-state index in [0.717, 1.165) is 0 Å². The Morgan fingerprint density at radius 1 is 1.05 bits per heavy atom. The number of nitrogens with one attached hydrogen (secondary N) is 1. The molecule has 0 aliphatic carbocycles. The highest BCUT2D eigenvalue weighted by molar-refractivity contribution is 6.08. The maximum Gasteiger partial charge on any atom is 0.329 e. The Balaban J connectivity index is 2.54. The third-order valence-corrected chi connectivity index (χ3v) is 6.02. The van der Waals surface area contributed by atoms with Gasteiger partial charge in [0.05, 0.1) is 12.0 Å². The Morgan fingerprint density at radius 2 is 1.66 bits per heavy atom. The fourth-order valence-corrected chi connectivity index (χ4v) is 4.47. The highest BCUT2D eigenvalue weighted by atomic mass is 16.6. The van der Waals surface area contributed by atoms with Crippen molar-refractivity contribution in [3.63, 3.8) is 0 Å². The number of hydrogen-bond acceptors (Lipinski definition) is 10. The predicted octanol–water partition coefficient (Wildman–Crippen LogP) is 4.16. The van der Waals surface area contributed by atoms with E-state index < -0.39 is 57.8 Å². The highest BCUT2D eigenvalue weighted by Gasteiger charge is 2.43. The van der Waals surface area contributed by atoms with E-state index in [4.69, 9.17) is 14.2 Å². The standard InChI is InChI=1S/C29H39N3O9/c1-16-22(24(23(17(2)30-16)27(36)39-9)18-11-10-12-19(15-18)32(37)38)25(34)31-20(26(35)41-29(6,7)8)13-14-21(33)40-28(3,4)5/h10-12,15,20,23-24H,13-14H2,1-9H3,(H,31,34)/t20-,23?,24-/m0/s1. The van der Waals surface area contributed by atoms with Gasteiger partial charge < -0.3 is 19.5 Å². The van der Waals surface area contributed by atoms with Gasteiger partial charge in [-0.05, 0) is 67.4 Å². The van der Waals surface area contributed by atoms with Gasteiger partial charge in [-0.3, -0.25) is 29.5 Å². The first kappa shape index (κ1) is 33.1. The van der Waals surface area contributed by atoms with Crippen molar-refractivity contribution in [2.45, 2.75) is 91.4 Å². The van der Waals surface area contributed by atoms with E-state index in [0.29, 0.717) is 11.3 Å². The largest absolute Gasteiger partial charge is 0.468 e. The monoisotopic (exact) mass is 573 g/mol. The number of nitro benzene ring substituents is 1. The molecule has 1 aliphatic rings. The number of carbonyl (C=O) groups excluding carboxylic acids is 4. The summed E-state index contributed by atoms with van der Waals surface area (Å²) in [6, 6.07) is 4.36. The Kier molecular flexibility index (Phi) is 10.5. The van der Waals surface area contributed by atoms with Gasteiger partial charge in [-0.25, -0.2) is 4.79 Å². The summed E-state index contributed by atoms with van der Waals surface area (Å²) in [7, 11) is 1.19. The summed E-state index contributed by atoms with van der Waals surface area (Å²) in [5.74, 6) is -4.83. The summed E-state index contributed by atoms with van der Waals surface area (Å²) in [4.78, 5) is 67.7. The molecule has 0 fully saturated rings. The lowest BCUT2D eigenvalue weighted by atomic mass is 9.75. The van der Waals surface area contributed by atoms with Crippen molar-refractivity contribution < 1.29 is 38.3 Å². The van der Waals surface area contributed by atoms with Crippen LogP contribution in [-0.4, -0.2) is 58.8 Å². The van der Waals surface area contributed by atoms with Crippen LogP contribution in [0.25, 0.3) is 0 Å². The topological polar surface area (TPSA) is 164 Å². The summed E-state index contributed by atoms with van der Waals surface area (Å²) in [5, 5.41) is 14.2. The molecule has 41 heavy (non-hydrogen) atoms. The number of carbonyl (C=O) groups is 4. The Bertz CT molecular complexity index is 1270. The van der Waals surface area contributed by atoms with E-state index in [1.165, 1.54) is 25.3 Å². The van der Waals surface area contributed by atoms with Crippen molar-refractivity contribution in [3.8, 4) is 0 Å². The van der Waals surface area contributed by atoms with Gasteiger partial charge in [0.1, 0.15) is 23.2 Å². The third kappa shape index (κ3) is 9.22. The van der Waals surface area contributed by atoms with Gasteiger partial charge in [-0.2, -0.15) is 0 Å². The second kappa shape index (κ2) is 13.0. The normalized spacial score (nSPS) is 18.1. The molecule has 0 spiro atoms. The number of hydrogen-bond donors (Lipinski definition) is 1. The Hall–Kier alpha value is -4.09. The number of nitro groups is 1. The summed E-state index contributed by atoms with van der Waals surface area (Å²) in [5.41, 5.74) is -0.894. The lowest BCUT2D eigenvalue weighted by molar-refractivity contribution is -0.384. The minimum Gasteiger partial charge on any atom is -0.468 e. The van der Waals surface area contributed by atoms with Gasteiger partial charge in [0.15, 0.2) is 0 Å². The molecule has 0 bridgehead atoms. The van der Waals surface area contributed by atoms with Gasteiger partial charge in [-0.15, -0.1) is 0 Å². The number of benzene rings is 1. The van der Waals surface area contributed by atoms with E-state index >= 15 is 0 Å². The van der Waals surface area contributed by atoms with E-state index in [1.807, 2.05) is 0 Å². The lowest BCUT2D eigenvalue weighted by Gasteiger charge is -2.32. The van der Waals surface area contributed by atoms with E-state index in [2.05, 4.69) is 10.3 Å². The zero-order valence-electron chi connectivity index (χ0n) is 25.0. The van der Waals surface area contributed by atoms with Crippen LogP contribution in [0.3, 0.4) is 0 Å². The molecule has 1 aliphatic heterocycles. The van der Waals surface area contributed by atoms with Gasteiger partial charge in [0.25, 0.3) is 5.69 Å². The zero-order valence-corrected chi connectivity index (χ0v) is 25.0. The van der Waals surface area contributed by atoms with Crippen LogP contribution >= 0.6 is 0 Å². The molecule has 1 heterocycles. The summed E-state index contributed by atoms with van der Waals surface area (Å²) in [6.45, 7) is 13.3. The first-order chi connectivity index (χ1) is 18.8. The molecule has 2 rings (SSSR count). The van der Waals surface area contributed by atoms with Crippen molar-refractivity contribution in [2.24, 2.45) is 10.9 Å². The number of allylic oxidation sites excluding steroid dienone is 1. The second-order valence-electron chi connectivity index (χ2n) is 11.8. The molecule has 3 atom stereocenters. The number of amides is 1. The number of methoxy groups -OCH3 is 1. The molecule has 12 heteroatoms. The highest BCUT2D eigenvalue weighted by Crippen LogP contribution is 2.40. The van der Waals surface area contributed by atoms with Crippen LogP contribution < -0.4 is 5.32 Å². The molecule has 1 aromatic carbocycles. The summed E-state index contributed by atoms with van der Waals surface area (Å²) in [6.07, 6.45) is -0.304. The summed E-state index contributed by atoms with van der Waals surface area (Å²) < 4.78 is 15.8. The molecule has 0 radical (unpaired) electrons.